The predicted octanol–water partition coefficient (Wildman–Crippen LogP) is 2.20. The molecular weight excluding hydrogens is 273 g/mol. The van der Waals surface area contributed by atoms with Crippen molar-refractivity contribution >= 4 is 11.7 Å². The molecule has 2 N–H and O–H groups in total. The van der Waals surface area contributed by atoms with Crippen LogP contribution < -0.4 is 10.6 Å². The van der Waals surface area contributed by atoms with Crippen molar-refractivity contribution in [2.24, 2.45) is 5.92 Å². The number of halogens is 1. The first kappa shape index (κ1) is 15.7. The van der Waals surface area contributed by atoms with Crippen molar-refractivity contribution in [1.82, 2.24) is 10.3 Å². The second kappa shape index (κ2) is 7.93. The van der Waals surface area contributed by atoms with Crippen molar-refractivity contribution < 1.29 is 13.9 Å². The van der Waals surface area contributed by atoms with Crippen molar-refractivity contribution in [3.63, 3.8) is 0 Å². The Morgan fingerprint density at radius 3 is 3.10 bits per heavy atom. The Kier molecular flexibility index (Phi) is 5.92. The number of carbonyl (C=O) groups excluding carboxylic acids is 1. The van der Waals surface area contributed by atoms with Gasteiger partial charge in [0, 0.05) is 32.5 Å². The maximum absolute atomic E-state index is 14.2. The smallest absolute Gasteiger partial charge is 0.254 e. The molecule has 1 fully saturated rings. The van der Waals surface area contributed by atoms with Gasteiger partial charge in [0.15, 0.2) is 11.6 Å². The lowest BCUT2D eigenvalue weighted by atomic mass is 10.1. The van der Waals surface area contributed by atoms with E-state index in [1.54, 1.807) is 0 Å². The molecule has 1 amide bonds. The number of pyridine rings is 1. The largest absolute Gasteiger partial charge is 0.381 e. The van der Waals surface area contributed by atoms with Gasteiger partial charge in [-0.15, -0.1) is 0 Å². The standard InChI is InChI=1S/C15H22FN3O2/c1-2-6-17-14-13(16)12(4-8-18-14)15(20)19-7-3-11-5-9-21-10-11/h4,8,11H,2-3,5-7,9-10H2,1H3,(H,17,18)(H,19,20). The molecule has 1 saturated heterocycles. The van der Waals surface area contributed by atoms with Gasteiger partial charge in [0.25, 0.3) is 5.91 Å². The van der Waals surface area contributed by atoms with Gasteiger partial charge in [-0.2, -0.15) is 0 Å². The first-order chi connectivity index (χ1) is 10.2. The lowest BCUT2D eigenvalue weighted by Crippen LogP contribution is -2.27. The van der Waals surface area contributed by atoms with E-state index in [1.807, 2.05) is 6.92 Å². The first-order valence-electron chi connectivity index (χ1n) is 7.46. The van der Waals surface area contributed by atoms with Crippen LogP contribution >= 0.6 is 0 Å². The number of anilines is 1. The SMILES string of the molecule is CCCNc1nccc(C(=O)NCCC2CCOC2)c1F. The number of amides is 1. The molecule has 1 atom stereocenters. The van der Waals surface area contributed by atoms with Crippen LogP contribution in [0.15, 0.2) is 12.3 Å². The number of nitrogens with zero attached hydrogens (tertiary/aromatic N) is 1. The first-order valence-corrected chi connectivity index (χ1v) is 7.46. The molecule has 5 nitrogen and oxygen atoms in total. The van der Waals surface area contributed by atoms with Crippen molar-refractivity contribution in [2.45, 2.75) is 26.2 Å². The quantitative estimate of drug-likeness (QED) is 0.809. The monoisotopic (exact) mass is 295 g/mol. The number of ether oxygens (including phenoxy) is 1. The summed E-state index contributed by atoms with van der Waals surface area (Å²) in [6.07, 6.45) is 4.20. The van der Waals surface area contributed by atoms with Crippen LogP contribution in [0.1, 0.15) is 36.5 Å². The van der Waals surface area contributed by atoms with Crippen molar-refractivity contribution in [3.8, 4) is 0 Å². The van der Waals surface area contributed by atoms with Crippen molar-refractivity contribution in [1.29, 1.82) is 0 Å². The number of rotatable bonds is 7. The topological polar surface area (TPSA) is 63.2 Å². The second-order valence-electron chi connectivity index (χ2n) is 5.22. The fourth-order valence-electron chi connectivity index (χ4n) is 2.28. The molecule has 1 aromatic rings. The fourth-order valence-corrected chi connectivity index (χ4v) is 2.28. The average Bonchev–Trinajstić information content (AvgIpc) is 2.99. The van der Waals surface area contributed by atoms with E-state index in [2.05, 4.69) is 15.6 Å². The molecule has 0 radical (unpaired) electrons. The molecular formula is C15H22FN3O2. The van der Waals surface area contributed by atoms with Gasteiger partial charge in [0.1, 0.15) is 0 Å². The summed E-state index contributed by atoms with van der Waals surface area (Å²) in [5.74, 6) is -0.357. The highest BCUT2D eigenvalue weighted by Crippen LogP contribution is 2.17. The van der Waals surface area contributed by atoms with Crippen molar-refractivity contribution in [2.75, 3.05) is 31.6 Å². The Bertz CT molecular complexity index is 476. The summed E-state index contributed by atoms with van der Waals surface area (Å²) in [4.78, 5) is 15.9. The van der Waals surface area contributed by atoms with Crippen molar-refractivity contribution in [3.05, 3.63) is 23.6 Å². The van der Waals surface area contributed by atoms with Gasteiger partial charge >= 0.3 is 0 Å². The minimum atomic E-state index is -0.590. The molecule has 0 spiro atoms. The van der Waals surface area contributed by atoms with Gasteiger partial charge in [-0.25, -0.2) is 9.37 Å². The zero-order valence-corrected chi connectivity index (χ0v) is 12.3. The molecule has 1 aliphatic rings. The molecule has 116 valence electrons. The maximum atomic E-state index is 14.2. The summed E-state index contributed by atoms with van der Waals surface area (Å²) in [6.45, 7) is 4.69. The van der Waals surface area contributed by atoms with Crippen LogP contribution in [-0.2, 0) is 4.74 Å². The highest BCUT2D eigenvalue weighted by atomic mass is 19.1. The number of hydrogen-bond acceptors (Lipinski definition) is 4. The normalized spacial score (nSPS) is 17.7. The summed E-state index contributed by atoms with van der Waals surface area (Å²) in [6, 6.07) is 1.40. The fraction of sp³-hybridized carbons (Fsp3) is 0.600. The molecule has 2 rings (SSSR count). The van der Waals surface area contributed by atoms with Gasteiger partial charge in [0.05, 0.1) is 5.56 Å². The molecule has 0 aliphatic carbocycles. The van der Waals surface area contributed by atoms with Crippen LogP contribution in [0.25, 0.3) is 0 Å². The highest BCUT2D eigenvalue weighted by Gasteiger charge is 2.18. The third-order valence-corrected chi connectivity index (χ3v) is 3.54. The summed E-state index contributed by atoms with van der Waals surface area (Å²) < 4.78 is 19.5. The van der Waals surface area contributed by atoms with E-state index >= 15 is 0 Å². The Morgan fingerprint density at radius 1 is 1.52 bits per heavy atom. The van der Waals surface area contributed by atoms with Crippen LogP contribution in [0, 0.1) is 11.7 Å². The number of aromatic nitrogens is 1. The molecule has 1 aliphatic heterocycles. The van der Waals surface area contributed by atoms with E-state index in [1.165, 1.54) is 12.3 Å². The Morgan fingerprint density at radius 2 is 2.38 bits per heavy atom. The Hall–Kier alpha value is -1.69. The molecule has 21 heavy (non-hydrogen) atoms. The van der Waals surface area contributed by atoms with Crippen LogP contribution in [0.2, 0.25) is 0 Å². The lowest BCUT2D eigenvalue weighted by Gasteiger charge is -2.11. The Balaban J connectivity index is 1.88. The van der Waals surface area contributed by atoms with E-state index in [9.17, 15) is 9.18 Å². The zero-order chi connectivity index (χ0) is 15.1. The molecule has 2 heterocycles. The highest BCUT2D eigenvalue weighted by molar-refractivity contribution is 5.95. The predicted molar refractivity (Wildman–Crippen MR) is 78.9 cm³/mol. The van der Waals surface area contributed by atoms with Crippen LogP contribution in [0.3, 0.4) is 0 Å². The van der Waals surface area contributed by atoms with Gasteiger partial charge in [-0.3, -0.25) is 4.79 Å². The number of hydrogen-bond donors (Lipinski definition) is 2. The summed E-state index contributed by atoms with van der Waals surface area (Å²) >= 11 is 0. The van der Waals surface area contributed by atoms with Crippen LogP contribution in [0.5, 0.6) is 0 Å². The van der Waals surface area contributed by atoms with Gasteiger partial charge in [-0.1, -0.05) is 6.92 Å². The van der Waals surface area contributed by atoms with E-state index in [0.717, 1.165) is 32.5 Å². The minimum absolute atomic E-state index is 0.0336. The third kappa shape index (κ3) is 4.39. The maximum Gasteiger partial charge on any atom is 0.254 e. The summed E-state index contributed by atoms with van der Waals surface area (Å²) in [5.41, 5.74) is 0.0336. The van der Waals surface area contributed by atoms with E-state index < -0.39 is 11.7 Å². The van der Waals surface area contributed by atoms with E-state index in [0.29, 0.717) is 19.0 Å². The van der Waals surface area contributed by atoms with E-state index in [4.69, 9.17) is 4.74 Å². The molecule has 0 aromatic carbocycles. The second-order valence-corrected chi connectivity index (χ2v) is 5.22. The number of carbonyl (C=O) groups is 1. The summed E-state index contributed by atoms with van der Waals surface area (Å²) in [5, 5.41) is 5.64. The van der Waals surface area contributed by atoms with Gasteiger partial charge in [-0.05, 0) is 31.2 Å². The van der Waals surface area contributed by atoms with Gasteiger partial charge in [0.2, 0.25) is 0 Å². The third-order valence-electron chi connectivity index (χ3n) is 3.54. The molecule has 1 unspecified atom stereocenters. The average molecular weight is 295 g/mol. The molecule has 0 bridgehead atoms. The van der Waals surface area contributed by atoms with Crippen LogP contribution in [-0.4, -0.2) is 37.2 Å². The van der Waals surface area contributed by atoms with E-state index in [-0.39, 0.29) is 11.4 Å². The molecule has 1 aromatic heterocycles. The number of nitrogens with one attached hydrogen (secondary N) is 2. The summed E-state index contributed by atoms with van der Waals surface area (Å²) in [7, 11) is 0. The zero-order valence-electron chi connectivity index (χ0n) is 12.3. The lowest BCUT2D eigenvalue weighted by molar-refractivity contribution is 0.0946. The van der Waals surface area contributed by atoms with Crippen LogP contribution in [0.4, 0.5) is 10.2 Å². The minimum Gasteiger partial charge on any atom is -0.381 e. The Labute approximate surface area is 124 Å². The molecule has 0 saturated carbocycles. The molecule has 6 heteroatoms. The van der Waals surface area contributed by atoms with Gasteiger partial charge < -0.3 is 15.4 Å².